The van der Waals surface area contributed by atoms with Crippen LogP contribution in [0.2, 0.25) is 0 Å². The molecule has 1 fully saturated rings. The molecule has 0 spiro atoms. The molecule has 1 saturated heterocycles. The van der Waals surface area contributed by atoms with Gasteiger partial charge in [-0.05, 0) is 44.5 Å². The summed E-state index contributed by atoms with van der Waals surface area (Å²) in [7, 11) is 0. The molecule has 1 aromatic carbocycles. The molecule has 1 aromatic heterocycles. The Labute approximate surface area is 146 Å². The Morgan fingerprint density at radius 3 is 2.68 bits per heavy atom. The number of ether oxygens (including phenoxy) is 1. The van der Waals surface area contributed by atoms with E-state index in [-0.39, 0.29) is 30.5 Å². The fourth-order valence-electron chi connectivity index (χ4n) is 3.10. The first-order valence-corrected chi connectivity index (χ1v) is 8.41. The number of amides is 1. The molecule has 0 unspecified atom stereocenters. The molecule has 1 amide bonds. The number of hydrogen-bond acceptors (Lipinski definition) is 4. The van der Waals surface area contributed by atoms with Crippen molar-refractivity contribution in [1.29, 1.82) is 0 Å². The Morgan fingerprint density at radius 1 is 1.36 bits per heavy atom. The zero-order valence-corrected chi connectivity index (χ0v) is 14.7. The highest BCUT2D eigenvalue weighted by atomic mass is 19.1. The van der Waals surface area contributed by atoms with Crippen LogP contribution in [0.15, 0.2) is 24.3 Å². The minimum Gasteiger partial charge on any atom is -0.372 e. The summed E-state index contributed by atoms with van der Waals surface area (Å²) in [6.07, 6.45) is 0.138. The number of carbonyl (C=O) groups excluding carboxylic acids is 1. The summed E-state index contributed by atoms with van der Waals surface area (Å²) in [5, 5.41) is 9.37. The van der Waals surface area contributed by atoms with Crippen LogP contribution in [0.4, 0.5) is 10.1 Å². The van der Waals surface area contributed by atoms with Gasteiger partial charge in [-0.2, -0.15) is 5.10 Å². The number of anilines is 1. The molecule has 0 saturated carbocycles. The van der Waals surface area contributed by atoms with E-state index >= 15 is 0 Å². The van der Waals surface area contributed by atoms with E-state index in [9.17, 15) is 9.18 Å². The van der Waals surface area contributed by atoms with Crippen LogP contribution in [0.5, 0.6) is 0 Å². The number of rotatable bonds is 4. The highest BCUT2D eigenvalue weighted by Gasteiger charge is 2.24. The average Bonchev–Trinajstić information content (AvgIpc) is 2.98. The highest BCUT2D eigenvalue weighted by molar-refractivity contribution is 5.92. The molecule has 2 heterocycles. The summed E-state index contributed by atoms with van der Waals surface area (Å²) in [6.45, 7) is 7.37. The zero-order valence-electron chi connectivity index (χ0n) is 14.7. The number of benzene rings is 1. The van der Waals surface area contributed by atoms with E-state index < -0.39 is 0 Å². The normalized spacial score (nSPS) is 20.6. The lowest BCUT2D eigenvalue weighted by Crippen LogP contribution is -2.45. The van der Waals surface area contributed by atoms with Crippen LogP contribution in [0.1, 0.15) is 35.6 Å². The van der Waals surface area contributed by atoms with Crippen LogP contribution in [-0.2, 0) is 11.3 Å². The fourth-order valence-corrected chi connectivity index (χ4v) is 3.10. The summed E-state index contributed by atoms with van der Waals surface area (Å²) in [5.41, 5.74) is 2.41. The molecule has 25 heavy (non-hydrogen) atoms. The summed E-state index contributed by atoms with van der Waals surface area (Å²) in [6, 6.07) is 6.73. The molecule has 2 aromatic rings. The maximum absolute atomic E-state index is 14.5. The SMILES string of the molecule is Cc1cc(C(=O)NCc2ccc(N3C[C@@H](C)O[C@@H](C)C3)c(F)c2)n[nH]1. The van der Waals surface area contributed by atoms with Gasteiger partial charge in [-0.15, -0.1) is 0 Å². The summed E-state index contributed by atoms with van der Waals surface area (Å²) in [4.78, 5) is 14.0. The third-order valence-corrected chi connectivity index (χ3v) is 4.16. The second-order valence-corrected chi connectivity index (χ2v) is 6.57. The van der Waals surface area contributed by atoms with Gasteiger partial charge in [0.1, 0.15) is 11.5 Å². The highest BCUT2D eigenvalue weighted by Crippen LogP contribution is 2.24. The van der Waals surface area contributed by atoms with E-state index in [1.165, 1.54) is 6.07 Å². The lowest BCUT2D eigenvalue weighted by Gasteiger charge is -2.37. The van der Waals surface area contributed by atoms with Gasteiger partial charge in [0.15, 0.2) is 0 Å². The molecule has 1 aliphatic rings. The third-order valence-electron chi connectivity index (χ3n) is 4.16. The molecular formula is C18H23FN4O2. The Balaban J connectivity index is 1.64. The van der Waals surface area contributed by atoms with Gasteiger partial charge in [-0.25, -0.2) is 4.39 Å². The smallest absolute Gasteiger partial charge is 0.272 e. The quantitative estimate of drug-likeness (QED) is 0.892. The maximum Gasteiger partial charge on any atom is 0.272 e. The molecule has 0 bridgehead atoms. The van der Waals surface area contributed by atoms with Crippen molar-refractivity contribution in [2.45, 2.75) is 39.5 Å². The van der Waals surface area contributed by atoms with Crippen molar-refractivity contribution in [3.63, 3.8) is 0 Å². The van der Waals surface area contributed by atoms with E-state index in [0.29, 0.717) is 30.0 Å². The topological polar surface area (TPSA) is 70.2 Å². The van der Waals surface area contributed by atoms with E-state index in [1.807, 2.05) is 31.7 Å². The van der Waals surface area contributed by atoms with Crippen molar-refractivity contribution in [2.75, 3.05) is 18.0 Å². The number of nitrogens with zero attached hydrogens (tertiary/aromatic N) is 2. The number of aryl methyl sites for hydroxylation is 1. The van der Waals surface area contributed by atoms with Crippen LogP contribution in [0.3, 0.4) is 0 Å². The minimum atomic E-state index is -0.288. The number of aromatic amines is 1. The van der Waals surface area contributed by atoms with E-state index in [4.69, 9.17) is 4.74 Å². The zero-order chi connectivity index (χ0) is 18.0. The first-order valence-electron chi connectivity index (χ1n) is 8.41. The third kappa shape index (κ3) is 4.17. The van der Waals surface area contributed by atoms with Crippen molar-refractivity contribution >= 4 is 11.6 Å². The minimum absolute atomic E-state index is 0.0689. The van der Waals surface area contributed by atoms with Gasteiger partial charge in [-0.1, -0.05) is 6.07 Å². The summed E-state index contributed by atoms with van der Waals surface area (Å²) < 4.78 is 20.2. The van der Waals surface area contributed by atoms with Crippen LogP contribution in [0, 0.1) is 12.7 Å². The lowest BCUT2D eigenvalue weighted by atomic mass is 10.1. The van der Waals surface area contributed by atoms with Gasteiger partial charge < -0.3 is 15.0 Å². The molecule has 1 aliphatic heterocycles. The molecule has 3 rings (SSSR count). The second kappa shape index (κ2) is 7.23. The van der Waals surface area contributed by atoms with Crippen LogP contribution < -0.4 is 10.2 Å². The molecule has 6 nitrogen and oxygen atoms in total. The molecule has 2 atom stereocenters. The predicted molar refractivity (Wildman–Crippen MR) is 93.1 cm³/mol. The number of aromatic nitrogens is 2. The Hall–Kier alpha value is -2.41. The van der Waals surface area contributed by atoms with E-state index in [1.54, 1.807) is 12.1 Å². The van der Waals surface area contributed by atoms with Gasteiger partial charge >= 0.3 is 0 Å². The Morgan fingerprint density at radius 2 is 2.08 bits per heavy atom. The van der Waals surface area contributed by atoms with Gasteiger partial charge in [0.2, 0.25) is 0 Å². The van der Waals surface area contributed by atoms with Gasteiger partial charge in [0, 0.05) is 25.3 Å². The first-order chi connectivity index (χ1) is 11.9. The summed E-state index contributed by atoms with van der Waals surface area (Å²) in [5.74, 6) is -0.576. The van der Waals surface area contributed by atoms with Crippen LogP contribution in [0.25, 0.3) is 0 Å². The number of hydrogen-bond donors (Lipinski definition) is 2. The van der Waals surface area contributed by atoms with E-state index in [0.717, 1.165) is 5.69 Å². The largest absolute Gasteiger partial charge is 0.372 e. The van der Waals surface area contributed by atoms with Gasteiger partial charge in [-0.3, -0.25) is 9.89 Å². The standard InChI is InChI=1S/C18H23FN4O2/c1-11-6-16(22-21-11)18(24)20-8-14-4-5-17(15(19)7-14)23-9-12(2)25-13(3)10-23/h4-7,12-13H,8-10H2,1-3H3,(H,20,24)(H,21,22)/t12-,13+. The second-order valence-electron chi connectivity index (χ2n) is 6.57. The average molecular weight is 346 g/mol. The maximum atomic E-state index is 14.5. The Bertz CT molecular complexity index is 751. The van der Waals surface area contributed by atoms with Gasteiger partial charge in [0.25, 0.3) is 5.91 Å². The monoisotopic (exact) mass is 346 g/mol. The number of morpholine rings is 1. The molecule has 0 aliphatic carbocycles. The molecular weight excluding hydrogens is 323 g/mol. The predicted octanol–water partition coefficient (Wildman–Crippen LogP) is 2.40. The lowest BCUT2D eigenvalue weighted by molar-refractivity contribution is -0.00539. The first kappa shape index (κ1) is 17.4. The number of H-pyrrole nitrogens is 1. The van der Waals surface area contributed by atoms with Crippen molar-refractivity contribution in [3.8, 4) is 0 Å². The number of nitrogens with one attached hydrogen (secondary N) is 2. The molecule has 2 N–H and O–H groups in total. The Kier molecular flexibility index (Phi) is 5.03. The molecule has 7 heteroatoms. The van der Waals surface area contributed by atoms with Gasteiger partial charge in [0.05, 0.1) is 17.9 Å². The van der Waals surface area contributed by atoms with Crippen LogP contribution in [-0.4, -0.2) is 41.4 Å². The summed E-state index contributed by atoms with van der Waals surface area (Å²) >= 11 is 0. The van der Waals surface area contributed by atoms with E-state index in [2.05, 4.69) is 15.5 Å². The fraction of sp³-hybridized carbons (Fsp3) is 0.444. The molecule has 134 valence electrons. The van der Waals surface area contributed by atoms with Crippen molar-refractivity contribution in [3.05, 3.63) is 47.0 Å². The van der Waals surface area contributed by atoms with Crippen molar-refractivity contribution in [1.82, 2.24) is 15.5 Å². The number of halogens is 1. The van der Waals surface area contributed by atoms with Crippen molar-refractivity contribution in [2.24, 2.45) is 0 Å². The number of carbonyl (C=O) groups is 1. The molecule has 0 radical (unpaired) electrons. The van der Waals surface area contributed by atoms with Crippen LogP contribution >= 0.6 is 0 Å². The van der Waals surface area contributed by atoms with Crippen molar-refractivity contribution < 1.29 is 13.9 Å².